The monoisotopic (exact) mass is 228 g/mol. The van der Waals surface area contributed by atoms with Gasteiger partial charge in [0.05, 0.1) is 12.4 Å². The maximum absolute atomic E-state index is 12.8. The topological polar surface area (TPSA) is 79.5 Å². The van der Waals surface area contributed by atoms with Crippen LogP contribution in [0.1, 0.15) is 13.8 Å². The van der Waals surface area contributed by atoms with E-state index in [1.54, 1.807) is 13.8 Å². The third-order valence-electron chi connectivity index (χ3n) is 2.25. The Morgan fingerprint density at radius 3 is 2.69 bits per heavy atom. The van der Waals surface area contributed by atoms with E-state index in [4.69, 9.17) is 5.21 Å². The molecule has 0 fully saturated rings. The molecule has 0 aliphatic heterocycles. The minimum Gasteiger partial charge on any atom is -0.410 e. The average Bonchev–Trinajstić information content (AvgIpc) is 2.65. The fourth-order valence-corrected chi connectivity index (χ4v) is 1.28. The molecule has 88 valence electrons. The summed E-state index contributed by atoms with van der Waals surface area (Å²) in [7, 11) is 1.41. The highest BCUT2D eigenvalue weighted by Gasteiger charge is 2.33. The number of hydrogen-bond donors (Lipinski definition) is 2. The number of nitrogens with zero attached hydrogens (tertiary/aromatic N) is 3. The molecule has 1 aromatic heterocycles. The lowest BCUT2D eigenvalue weighted by molar-refractivity contribution is -0.114. The summed E-state index contributed by atoms with van der Waals surface area (Å²) in [5.74, 6) is -1.08. The van der Waals surface area contributed by atoms with Crippen molar-refractivity contribution in [1.82, 2.24) is 15.1 Å². The number of nitrogens with one attached hydrogen (secondary N) is 1. The smallest absolute Gasteiger partial charge is 0.271 e. The number of hydrogen-bond acceptors (Lipinski definition) is 4. The molecule has 0 saturated carbocycles. The maximum Gasteiger partial charge on any atom is 0.271 e. The molecule has 7 heteroatoms. The lowest BCUT2D eigenvalue weighted by Gasteiger charge is -2.24. The van der Waals surface area contributed by atoms with Crippen molar-refractivity contribution in [3.63, 3.8) is 0 Å². The van der Waals surface area contributed by atoms with E-state index >= 15 is 0 Å². The Bertz CT molecular complexity index is 425. The molecular weight excluding hydrogens is 215 g/mol. The molecule has 1 rings (SSSR count). The minimum atomic E-state index is -1.04. The van der Waals surface area contributed by atoms with Gasteiger partial charge in [0.25, 0.3) is 5.91 Å². The molecule has 1 aromatic rings. The van der Waals surface area contributed by atoms with Crippen LogP contribution in [0, 0.1) is 5.82 Å². The van der Waals surface area contributed by atoms with Crippen LogP contribution >= 0.6 is 0 Å². The Morgan fingerprint density at radius 1 is 1.69 bits per heavy atom. The highest BCUT2D eigenvalue weighted by atomic mass is 19.1. The Balaban J connectivity index is 3.14. The molecule has 0 saturated heterocycles. The highest BCUT2D eigenvalue weighted by molar-refractivity contribution is 6.41. The van der Waals surface area contributed by atoms with E-state index in [1.165, 1.54) is 11.7 Å². The number of carbonyl (C=O) groups excluding carboxylic acids is 1. The second-order valence-electron chi connectivity index (χ2n) is 3.69. The van der Waals surface area contributed by atoms with Crippen molar-refractivity contribution in [2.75, 3.05) is 7.05 Å². The lowest BCUT2D eigenvalue weighted by atomic mass is 9.98. The van der Waals surface area contributed by atoms with E-state index < -0.39 is 17.3 Å². The first-order chi connectivity index (χ1) is 7.43. The van der Waals surface area contributed by atoms with E-state index in [0.29, 0.717) is 0 Å². The summed E-state index contributed by atoms with van der Waals surface area (Å²) < 4.78 is 14.0. The summed E-state index contributed by atoms with van der Waals surface area (Å²) in [5.41, 5.74) is -1.20. The largest absolute Gasteiger partial charge is 0.410 e. The van der Waals surface area contributed by atoms with Crippen molar-refractivity contribution in [2.45, 2.75) is 19.4 Å². The van der Waals surface area contributed by atoms with Gasteiger partial charge in [-0.05, 0) is 13.8 Å². The summed E-state index contributed by atoms with van der Waals surface area (Å²) >= 11 is 0. The van der Waals surface area contributed by atoms with Crippen LogP contribution in [0.15, 0.2) is 17.5 Å². The van der Waals surface area contributed by atoms with Gasteiger partial charge in [-0.25, -0.2) is 4.39 Å². The van der Waals surface area contributed by atoms with Gasteiger partial charge < -0.3 is 10.5 Å². The maximum atomic E-state index is 12.8. The second kappa shape index (κ2) is 4.30. The van der Waals surface area contributed by atoms with Crippen LogP contribution in [0.25, 0.3) is 0 Å². The normalized spacial score (nSPS) is 12.6. The van der Waals surface area contributed by atoms with Crippen molar-refractivity contribution in [2.24, 2.45) is 5.16 Å². The highest BCUT2D eigenvalue weighted by Crippen LogP contribution is 2.17. The predicted octanol–water partition coefficient (Wildman–Crippen LogP) is 0.333. The summed E-state index contributed by atoms with van der Waals surface area (Å²) in [6, 6.07) is 0. The number of rotatable bonds is 3. The number of halogens is 1. The molecule has 1 amide bonds. The van der Waals surface area contributed by atoms with E-state index in [1.807, 2.05) is 0 Å². The molecule has 0 aromatic carbocycles. The van der Waals surface area contributed by atoms with E-state index in [9.17, 15) is 9.18 Å². The van der Waals surface area contributed by atoms with E-state index in [0.717, 1.165) is 12.4 Å². The van der Waals surface area contributed by atoms with Gasteiger partial charge in [-0.1, -0.05) is 5.16 Å². The van der Waals surface area contributed by atoms with Gasteiger partial charge in [0.15, 0.2) is 11.5 Å². The first-order valence-corrected chi connectivity index (χ1v) is 4.58. The van der Waals surface area contributed by atoms with Gasteiger partial charge in [0, 0.05) is 7.05 Å². The van der Waals surface area contributed by atoms with Crippen LogP contribution in [-0.2, 0) is 10.3 Å². The third-order valence-corrected chi connectivity index (χ3v) is 2.25. The van der Waals surface area contributed by atoms with Crippen LogP contribution in [-0.4, -0.2) is 33.7 Å². The summed E-state index contributed by atoms with van der Waals surface area (Å²) in [5, 5.41) is 17.8. The fourth-order valence-electron chi connectivity index (χ4n) is 1.28. The summed E-state index contributed by atoms with van der Waals surface area (Å²) in [6.45, 7) is 3.17. The molecule has 2 N–H and O–H groups in total. The van der Waals surface area contributed by atoms with Crippen LogP contribution in [0.4, 0.5) is 4.39 Å². The van der Waals surface area contributed by atoms with E-state index in [-0.39, 0.29) is 5.71 Å². The predicted molar refractivity (Wildman–Crippen MR) is 54.8 cm³/mol. The minimum absolute atomic E-state index is 0.155. The van der Waals surface area contributed by atoms with Gasteiger partial charge in [0.2, 0.25) is 0 Å². The van der Waals surface area contributed by atoms with Crippen molar-refractivity contribution >= 4 is 11.6 Å². The summed E-state index contributed by atoms with van der Waals surface area (Å²) in [4.78, 5) is 11.4. The number of aromatic nitrogens is 2. The average molecular weight is 228 g/mol. The van der Waals surface area contributed by atoms with Gasteiger partial charge >= 0.3 is 0 Å². The first kappa shape index (κ1) is 12.2. The van der Waals surface area contributed by atoms with Crippen molar-refractivity contribution in [1.29, 1.82) is 0 Å². The number of oxime groups is 1. The Hall–Kier alpha value is -1.92. The van der Waals surface area contributed by atoms with Crippen LogP contribution in [0.2, 0.25) is 0 Å². The van der Waals surface area contributed by atoms with Gasteiger partial charge in [-0.2, -0.15) is 5.10 Å². The molecule has 0 aliphatic rings. The lowest BCUT2D eigenvalue weighted by Crippen LogP contribution is -2.45. The third kappa shape index (κ3) is 2.02. The van der Waals surface area contributed by atoms with Crippen molar-refractivity contribution in [3.05, 3.63) is 18.2 Å². The molecule has 16 heavy (non-hydrogen) atoms. The molecule has 0 aliphatic carbocycles. The SMILES string of the molecule is CNC(=O)C(=NO)C(C)(C)n1cc(F)cn1. The van der Waals surface area contributed by atoms with E-state index in [2.05, 4.69) is 15.6 Å². The van der Waals surface area contributed by atoms with Crippen molar-refractivity contribution in [3.8, 4) is 0 Å². The molecule has 1 heterocycles. The Morgan fingerprint density at radius 2 is 2.31 bits per heavy atom. The standard InChI is InChI=1S/C9H13FN4O2/c1-9(2,7(13-16)8(15)11-3)14-5-6(10)4-12-14/h4-5,16H,1-3H3,(H,11,15). The van der Waals surface area contributed by atoms with Gasteiger partial charge in [-0.3, -0.25) is 9.48 Å². The van der Waals surface area contributed by atoms with Gasteiger partial charge in [-0.15, -0.1) is 0 Å². The summed E-state index contributed by atoms with van der Waals surface area (Å²) in [6.07, 6.45) is 2.13. The van der Waals surface area contributed by atoms with Gasteiger partial charge in [0.1, 0.15) is 5.54 Å². The molecular formula is C9H13FN4O2. The zero-order valence-corrected chi connectivity index (χ0v) is 9.23. The van der Waals surface area contributed by atoms with Crippen molar-refractivity contribution < 1.29 is 14.4 Å². The Labute approximate surface area is 91.7 Å². The Kier molecular flexibility index (Phi) is 3.26. The zero-order valence-electron chi connectivity index (χ0n) is 9.23. The number of amides is 1. The van der Waals surface area contributed by atoms with Crippen LogP contribution in [0.5, 0.6) is 0 Å². The molecule has 0 bridgehead atoms. The van der Waals surface area contributed by atoms with Crippen LogP contribution in [0.3, 0.4) is 0 Å². The first-order valence-electron chi connectivity index (χ1n) is 4.58. The quantitative estimate of drug-likeness (QED) is 0.444. The molecule has 0 radical (unpaired) electrons. The van der Waals surface area contributed by atoms with Crippen LogP contribution < -0.4 is 5.32 Å². The number of carbonyl (C=O) groups is 1. The fraction of sp³-hybridized carbons (Fsp3) is 0.444. The molecule has 0 atom stereocenters. The molecule has 0 unspecified atom stereocenters. The molecule has 6 nitrogen and oxygen atoms in total. The molecule has 0 spiro atoms. The second-order valence-corrected chi connectivity index (χ2v) is 3.69. The zero-order chi connectivity index (χ0) is 12.3.